The van der Waals surface area contributed by atoms with Gasteiger partial charge in [-0.15, -0.1) is 0 Å². The zero-order valence-electron chi connectivity index (χ0n) is 7.19. The minimum atomic E-state index is -0.0596. The molecule has 0 aliphatic heterocycles. The van der Waals surface area contributed by atoms with Gasteiger partial charge in [0.2, 0.25) is 0 Å². The van der Waals surface area contributed by atoms with Gasteiger partial charge in [0.25, 0.3) is 0 Å². The molecule has 12 heavy (non-hydrogen) atoms. The third-order valence-electron chi connectivity index (χ3n) is 4.41. The quantitative estimate of drug-likeness (QED) is 0.561. The van der Waals surface area contributed by atoms with Crippen molar-refractivity contribution in [1.29, 1.82) is 0 Å². The fourth-order valence-electron chi connectivity index (χ4n) is 4.01. The van der Waals surface area contributed by atoms with Gasteiger partial charge in [0.05, 0.1) is 12.2 Å². The van der Waals surface area contributed by atoms with Crippen molar-refractivity contribution in [3.05, 3.63) is 0 Å². The maximum absolute atomic E-state index is 9.67. The van der Waals surface area contributed by atoms with E-state index in [0.717, 1.165) is 31.1 Å². The van der Waals surface area contributed by atoms with E-state index in [-0.39, 0.29) is 12.2 Å². The predicted molar refractivity (Wildman–Crippen MR) is 44.4 cm³/mol. The largest absolute Gasteiger partial charge is 0.393 e. The first-order chi connectivity index (χ1) is 5.75. The monoisotopic (exact) mass is 168 g/mol. The molecule has 0 saturated heterocycles. The second-order valence-corrected chi connectivity index (χ2v) is 4.92. The van der Waals surface area contributed by atoms with Gasteiger partial charge in [0.1, 0.15) is 0 Å². The van der Waals surface area contributed by atoms with Crippen LogP contribution in [0.1, 0.15) is 25.7 Å². The Balaban J connectivity index is 1.86. The van der Waals surface area contributed by atoms with Crippen LogP contribution in [-0.2, 0) is 0 Å². The number of hydrogen-bond acceptors (Lipinski definition) is 2. The van der Waals surface area contributed by atoms with Gasteiger partial charge < -0.3 is 10.2 Å². The number of fused-ring (bicyclic) bond motifs is 5. The van der Waals surface area contributed by atoms with E-state index in [1.54, 1.807) is 0 Å². The minimum absolute atomic E-state index is 0.0402. The van der Waals surface area contributed by atoms with Crippen molar-refractivity contribution in [2.45, 2.75) is 37.9 Å². The maximum atomic E-state index is 9.67. The Morgan fingerprint density at radius 2 is 1.50 bits per heavy atom. The average molecular weight is 168 g/mol. The van der Waals surface area contributed by atoms with Crippen LogP contribution in [0, 0.1) is 23.7 Å². The topological polar surface area (TPSA) is 40.5 Å². The van der Waals surface area contributed by atoms with Crippen LogP contribution in [0.2, 0.25) is 0 Å². The molecule has 0 unspecified atom stereocenters. The lowest BCUT2D eigenvalue weighted by molar-refractivity contribution is 0.0633. The minimum Gasteiger partial charge on any atom is -0.393 e. The first-order valence-corrected chi connectivity index (χ1v) is 5.12. The summed E-state index contributed by atoms with van der Waals surface area (Å²) in [6, 6.07) is 0. The van der Waals surface area contributed by atoms with Gasteiger partial charge in [0, 0.05) is 0 Å². The van der Waals surface area contributed by atoms with Gasteiger partial charge in [-0.3, -0.25) is 0 Å². The SMILES string of the molecule is O[C@@H]1C[C@@H]2[C@H]3C[C@H](C[C@@H]3O)[C@@H]2C1. The zero-order chi connectivity index (χ0) is 8.29. The van der Waals surface area contributed by atoms with Gasteiger partial charge in [0.15, 0.2) is 0 Å². The van der Waals surface area contributed by atoms with Crippen LogP contribution in [0.15, 0.2) is 0 Å². The molecule has 0 amide bonds. The van der Waals surface area contributed by atoms with E-state index in [9.17, 15) is 10.2 Å². The molecule has 0 radical (unpaired) electrons. The predicted octanol–water partition coefficient (Wildman–Crippen LogP) is 0.774. The Morgan fingerprint density at radius 3 is 2.33 bits per heavy atom. The van der Waals surface area contributed by atoms with Crippen molar-refractivity contribution >= 4 is 0 Å². The highest BCUT2D eigenvalue weighted by molar-refractivity contribution is 5.04. The molecule has 2 heteroatoms. The molecule has 3 saturated carbocycles. The molecule has 0 aromatic rings. The Kier molecular flexibility index (Phi) is 1.37. The molecule has 6 atom stereocenters. The standard InChI is InChI=1S/C10H16O2/c11-6-3-7-5-1-9(8(7)4-6)10(12)2-5/h5-12H,1-4H2/t5-,6+,7+,8+,9-,10+/m1/s1. The third kappa shape index (κ3) is 0.775. The highest BCUT2D eigenvalue weighted by Crippen LogP contribution is 2.58. The molecule has 0 aromatic carbocycles. The molecule has 3 rings (SSSR count). The van der Waals surface area contributed by atoms with Crippen molar-refractivity contribution < 1.29 is 10.2 Å². The fourth-order valence-corrected chi connectivity index (χ4v) is 4.01. The van der Waals surface area contributed by atoms with E-state index in [2.05, 4.69) is 0 Å². The molecule has 68 valence electrons. The Hall–Kier alpha value is -0.0800. The average Bonchev–Trinajstić information content (AvgIpc) is 2.57. The summed E-state index contributed by atoms with van der Waals surface area (Å²) in [5.74, 6) is 2.70. The molecule has 3 aliphatic rings. The number of aliphatic hydroxyl groups is 2. The second-order valence-electron chi connectivity index (χ2n) is 4.92. The van der Waals surface area contributed by atoms with Gasteiger partial charge >= 0.3 is 0 Å². The molecule has 0 spiro atoms. The highest BCUT2D eigenvalue weighted by Gasteiger charge is 2.55. The summed E-state index contributed by atoms with van der Waals surface area (Å²) in [5, 5.41) is 19.2. The maximum Gasteiger partial charge on any atom is 0.0574 e. The van der Waals surface area contributed by atoms with Gasteiger partial charge in [-0.05, 0) is 49.4 Å². The molecule has 3 fully saturated rings. The van der Waals surface area contributed by atoms with Crippen molar-refractivity contribution in [2.75, 3.05) is 0 Å². The molecule has 0 heterocycles. The van der Waals surface area contributed by atoms with Crippen molar-refractivity contribution in [3.63, 3.8) is 0 Å². The normalized spacial score (nSPS) is 62.5. The van der Waals surface area contributed by atoms with Crippen LogP contribution in [0.4, 0.5) is 0 Å². The third-order valence-corrected chi connectivity index (χ3v) is 4.41. The lowest BCUT2D eigenvalue weighted by Gasteiger charge is -2.27. The summed E-state index contributed by atoms with van der Waals surface area (Å²) in [5.41, 5.74) is 0. The van der Waals surface area contributed by atoms with Crippen LogP contribution >= 0.6 is 0 Å². The van der Waals surface area contributed by atoms with Crippen LogP contribution < -0.4 is 0 Å². The van der Waals surface area contributed by atoms with Gasteiger partial charge in [-0.1, -0.05) is 0 Å². The van der Waals surface area contributed by atoms with Gasteiger partial charge in [-0.25, -0.2) is 0 Å². The lowest BCUT2D eigenvalue weighted by atomic mass is 9.80. The van der Waals surface area contributed by atoms with E-state index in [4.69, 9.17) is 0 Å². The van der Waals surface area contributed by atoms with Crippen LogP contribution in [-0.4, -0.2) is 22.4 Å². The summed E-state index contributed by atoms with van der Waals surface area (Å²) >= 11 is 0. The van der Waals surface area contributed by atoms with Crippen LogP contribution in [0.5, 0.6) is 0 Å². The van der Waals surface area contributed by atoms with E-state index < -0.39 is 0 Å². The van der Waals surface area contributed by atoms with E-state index >= 15 is 0 Å². The van der Waals surface area contributed by atoms with Crippen LogP contribution in [0.25, 0.3) is 0 Å². The molecule has 3 aliphatic carbocycles. The summed E-state index contributed by atoms with van der Waals surface area (Å²) < 4.78 is 0. The van der Waals surface area contributed by atoms with E-state index in [0.29, 0.717) is 11.8 Å². The summed E-state index contributed by atoms with van der Waals surface area (Å²) in [6.07, 6.45) is 4.13. The molecule has 2 bridgehead atoms. The number of aliphatic hydroxyl groups excluding tert-OH is 2. The Labute approximate surface area is 72.6 Å². The molecular formula is C10H16O2. The fraction of sp³-hybridized carbons (Fsp3) is 1.00. The first kappa shape index (κ1) is 7.34. The summed E-state index contributed by atoms with van der Waals surface area (Å²) in [4.78, 5) is 0. The van der Waals surface area contributed by atoms with Crippen LogP contribution in [0.3, 0.4) is 0 Å². The Morgan fingerprint density at radius 1 is 0.750 bits per heavy atom. The van der Waals surface area contributed by atoms with E-state index in [1.807, 2.05) is 0 Å². The molecule has 2 N–H and O–H groups in total. The molecule has 2 nitrogen and oxygen atoms in total. The smallest absolute Gasteiger partial charge is 0.0574 e. The first-order valence-electron chi connectivity index (χ1n) is 5.12. The van der Waals surface area contributed by atoms with Gasteiger partial charge in [-0.2, -0.15) is 0 Å². The second kappa shape index (κ2) is 2.24. The summed E-state index contributed by atoms with van der Waals surface area (Å²) in [7, 11) is 0. The molecule has 0 aromatic heterocycles. The van der Waals surface area contributed by atoms with Crippen molar-refractivity contribution in [3.8, 4) is 0 Å². The summed E-state index contributed by atoms with van der Waals surface area (Å²) in [6.45, 7) is 0. The number of hydrogen-bond donors (Lipinski definition) is 2. The van der Waals surface area contributed by atoms with Crippen molar-refractivity contribution in [2.24, 2.45) is 23.7 Å². The molecular weight excluding hydrogens is 152 g/mol. The zero-order valence-corrected chi connectivity index (χ0v) is 7.19. The van der Waals surface area contributed by atoms with E-state index in [1.165, 1.54) is 6.42 Å². The number of rotatable bonds is 0. The Bertz CT molecular complexity index is 200. The highest BCUT2D eigenvalue weighted by atomic mass is 16.3. The lowest BCUT2D eigenvalue weighted by Crippen LogP contribution is -2.27. The van der Waals surface area contributed by atoms with Crippen molar-refractivity contribution in [1.82, 2.24) is 0 Å².